The highest BCUT2D eigenvalue weighted by molar-refractivity contribution is 5.88. The Morgan fingerprint density at radius 1 is 1.13 bits per heavy atom. The number of halogens is 3. The van der Waals surface area contributed by atoms with E-state index in [-0.39, 0.29) is 16.9 Å². The summed E-state index contributed by atoms with van der Waals surface area (Å²) in [5.74, 6) is 0.253. The number of alkyl halides is 3. The number of anilines is 1. The smallest absolute Gasteiger partial charge is 0.379 e. The van der Waals surface area contributed by atoms with Crippen molar-refractivity contribution in [3.8, 4) is 0 Å². The number of amides is 1. The molecule has 3 nitrogen and oxygen atoms in total. The van der Waals surface area contributed by atoms with Crippen molar-refractivity contribution in [1.82, 2.24) is 4.90 Å². The Hall–Kier alpha value is -1.72. The van der Waals surface area contributed by atoms with E-state index in [9.17, 15) is 18.0 Å². The van der Waals surface area contributed by atoms with Gasteiger partial charge in [0.15, 0.2) is 0 Å². The predicted molar refractivity (Wildman–Crippen MR) is 79.9 cm³/mol. The summed E-state index contributed by atoms with van der Waals surface area (Å²) in [6.45, 7) is 1.71. The Balaban J connectivity index is 1.41. The van der Waals surface area contributed by atoms with Gasteiger partial charge < -0.3 is 10.2 Å². The molecule has 4 fully saturated rings. The second-order valence-electron chi connectivity index (χ2n) is 7.29. The molecule has 4 aliphatic rings. The lowest BCUT2D eigenvalue weighted by Crippen LogP contribution is -2.75. The standard InChI is InChI=1S/C17H19F3N2O/c18-17(19,20)12-4-3-5-13(8-12)21-16-9-15(10-16,11-16)14(23)22-6-1-2-7-22/h3-5,8,21H,1-2,6-7,9-11H2. The molecule has 0 radical (unpaired) electrons. The van der Waals surface area contributed by atoms with Gasteiger partial charge in [-0.25, -0.2) is 0 Å². The first-order valence-corrected chi connectivity index (χ1v) is 8.07. The third kappa shape index (κ3) is 2.30. The molecule has 23 heavy (non-hydrogen) atoms. The van der Waals surface area contributed by atoms with E-state index in [0.29, 0.717) is 5.69 Å². The number of benzene rings is 1. The van der Waals surface area contributed by atoms with Gasteiger partial charge in [-0.15, -0.1) is 0 Å². The molecule has 1 heterocycles. The van der Waals surface area contributed by atoms with Crippen LogP contribution >= 0.6 is 0 Å². The molecule has 0 spiro atoms. The molecule has 3 saturated carbocycles. The summed E-state index contributed by atoms with van der Waals surface area (Å²) in [6, 6.07) is 5.30. The van der Waals surface area contributed by atoms with Crippen LogP contribution in [0.15, 0.2) is 24.3 Å². The second-order valence-corrected chi connectivity index (χ2v) is 7.29. The minimum atomic E-state index is -4.33. The van der Waals surface area contributed by atoms with Gasteiger partial charge >= 0.3 is 6.18 Å². The lowest BCUT2D eigenvalue weighted by molar-refractivity contribution is -0.178. The summed E-state index contributed by atoms with van der Waals surface area (Å²) in [7, 11) is 0. The molecular formula is C17H19F3N2O. The number of carbonyl (C=O) groups excluding carboxylic acids is 1. The Bertz CT molecular complexity index is 630. The van der Waals surface area contributed by atoms with E-state index in [2.05, 4.69) is 5.32 Å². The van der Waals surface area contributed by atoms with E-state index in [1.54, 1.807) is 6.07 Å². The van der Waals surface area contributed by atoms with Crippen LogP contribution in [-0.2, 0) is 11.0 Å². The molecule has 2 bridgehead atoms. The van der Waals surface area contributed by atoms with Crippen molar-refractivity contribution in [3.05, 3.63) is 29.8 Å². The first-order valence-electron chi connectivity index (χ1n) is 8.07. The molecule has 3 aliphatic carbocycles. The number of nitrogens with zero attached hydrogens (tertiary/aromatic N) is 1. The highest BCUT2D eigenvalue weighted by Crippen LogP contribution is 2.69. The van der Waals surface area contributed by atoms with Crippen LogP contribution in [0, 0.1) is 5.41 Å². The zero-order valence-corrected chi connectivity index (χ0v) is 12.7. The second kappa shape index (κ2) is 4.65. The summed E-state index contributed by atoms with van der Waals surface area (Å²) in [5, 5.41) is 3.23. The average Bonchev–Trinajstić information content (AvgIpc) is 2.94. The lowest BCUT2D eigenvalue weighted by atomic mass is 9.39. The Labute approximate surface area is 132 Å². The number of nitrogens with one attached hydrogen (secondary N) is 1. The van der Waals surface area contributed by atoms with Gasteiger partial charge in [0.2, 0.25) is 5.91 Å². The normalized spacial score (nSPS) is 32.2. The predicted octanol–water partition coefficient (Wildman–Crippen LogP) is 3.66. The molecule has 1 aromatic rings. The molecule has 1 aromatic carbocycles. The fraction of sp³-hybridized carbons (Fsp3) is 0.588. The number of hydrogen-bond acceptors (Lipinski definition) is 2. The van der Waals surface area contributed by atoms with Crippen molar-refractivity contribution >= 4 is 11.6 Å². The number of rotatable bonds is 3. The van der Waals surface area contributed by atoms with Gasteiger partial charge in [-0.3, -0.25) is 4.79 Å². The third-order valence-electron chi connectivity index (χ3n) is 5.48. The van der Waals surface area contributed by atoms with E-state index in [0.717, 1.165) is 57.3 Å². The van der Waals surface area contributed by atoms with Crippen LogP contribution in [0.4, 0.5) is 18.9 Å². The van der Waals surface area contributed by atoms with Crippen LogP contribution in [-0.4, -0.2) is 29.4 Å². The lowest BCUT2D eigenvalue weighted by Gasteiger charge is -2.70. The summed E-state index contributed by atoms with van der Waals surface area (Å²) in [4.78, 5) is 14.5. The highest BCUT2D eigenvalue weighted by Gasteiger charge is 2.72. The molecule has 124 valence electrons. The van der Waals surface area contributed by atoms with Crippen LogP contribution in [0.25, 0.3) is 0 Å². The van der Waals surface area contributed by atoms with Crippen LogP contribution in [0.1, 0.15) is 37.7 Å². The van der Waals surface area contributed by atoms with Crippen molar-refractivity contribution in [1.29, 1.82) is 0 Å². The van der Waals surface area contributed by atoms with Gasteiger partial charge in [-0.05, 0) is 50.3 Å². The zero-order chi connectivity index (χ0) is 16.3. The minimum Gasteiger partial charge on any atom is -0.379 e. The Kier molecular flexibility index (Phi) is 3.00. The summed E-state index contributed by atoms with van der Waals surface area (Å²) < 4.78 is 38.3. The zero-order valence-electron chi connectivity index (χ0n) is 12.7. The van der Waals surface area contributed by atoms with Crippen LogP contribution in [0.3, 0.4) is 0 Å². The van der Waals surface area contributed by atoms with Crippen LogP contribution in [0.2, 0.25) is 0 Å². The molecule has 6 heteroatoms. The van der Waals surface area contributed by atoms with E-state index < -0.39 is 11.7 Å². The summed E-state index contributed by atoms with van der Waals surface area (Å²) >= 11 is 0. The first kappa shape index (κ1) is 14.8. The van der Waals surface area contributed by atoms with Crippen molar-refractivity contribution < 1.29 is 18.0 Å². The van der Waals surface area contributed by atoms with Crippen molar-refractivity contribution in [2.24, 2.45) is 5.41 Å². The maximum absolute atomic E-state index is 12.8. The van der Waals surface area contributed by atoms with Gasteiger partial charge in [-0.1, -0.05) is 6.07 Å². The van der Waals surface area contributed by atoms with Gasteiger partial charge in [0, 0.05) is 24.3 Å². The van der Waals surface area contributed by atoms with Gasteiger partial charge in [-0.2, -0.15) is 13.2 Å². The molecule has 1 N–H and O–H groups in total. The number of hydrogen-bond donors (Lipinski definition) is 1. The molecule has 5 rings (SSSR count). The number of carbonyl (C=O) groups is 1. The van der Waals surface area contributed by atoms with Crippen molar-refractivity contribution in [2.75, 3.05) is 18.4 Å². The van der Waals surface area contributed by atoms with Gasteiger partial charge in [0.25, 0.3) is 0 Å². The first-order chi connectivity index (χ1) is 10.8. The fourth-order valence-corrected chi connectivity index (χ4v) is 4.48. The monoisotopic (exact) mass is 324 g/mol. The van der Waals surface area contributed by atoms with E-state index >= 15 is 0 Å². The van der Waals surface area contributed by atoms with Gasteiger partial charge in [0.05, 0.1) is 11.0 Å². The fourth-order valence-electron chi connectivity index (χ4n) is 4.48. The molecule has 1 aliphatic heterocycles. The molecule has 0 aromatic heterocycles. The van der Waals surface area contributed by atoms with E-state index in [4.69, 9.17) is 0 Å². The quantitative estimate of drug-likeness (QED) is 0.920. The SMILES string of the molecule is O=C(N1CCCC1)C12CC(Nc3cccc(C(F)(F)F)c3)(C1)C2. The topological polar surface area (TPSA) is 32.3 Å². The highest BCUT2D eigenvalue weighted by atomic mass is 19.4. The van der Waals surface area contributed by atoms with Crippen LogP contribution in [0.5, 0.6) is 0 Å². The molecular weight excluding hydrogens is 305 g/mol. The number of likely N-dealkylation sites (tertiary alicyclic amines) is 1. The molecule has 1 amide bonds. The molecule has 1 saturated heterocycles. The van der Waals surface area contributed by atoms with E-state index in [1.165, 1.54) is 6.07 Å². The third-order valence-corrected chi connectivity index (χ3v) is 5.48. The van der Waals surface area contributed by atoms with Gasteiger partial charge in [0.1, 0.15) is 0 Å². The van der Waals surface area contributed by atoms with E-state index in [1.807, 2.05) is 4.90 Å². The van der Waals surface area contributed by atoms with Crippen molar-refractivity contribution in [2.45, 2.75) is 43.8 Å². The van der Waals surface area contributed by atoms with Crippen molar-refractivity contribution in [3.63, 3.8) is 0 Å². The van der Waals surface area contributed by atoms with Crippen LogP contribution < -0.4 is 5.32 Å². The maximum Gasteiger partial charge on any atom is 0.416 e. The molecule has 0 atom stereocenters. The summed E-state index contributed by atoms with van der Waals surface area (Å²) in [6.07, 6.45) is 0.0533. The Morgan fingerprint density at radius 3 is 2.39 bits per heavy atom. The average molecular weight is 324 g/mol. The maximum atomic E-state index is 12.8. The Morgan fingerprint density at radius 2 is 1.78 bits per heavy atom. The summed E-state index contributed by atoms with van der Waals surface area (Å²) in [5.41, 5.74) is -0.572. The molecule has 0 unspecified atom stereocenters. The largest absolute Gasteiger partial charge is 0.416 e. The minimum absolute atomic E-state index is 0.181.